The van der Waals surface area contributed by atoms with Gasteiger partial charge in [0, 0.05) is 20.1 Å². The Morgan fingerprint density at radius 1 is 0.900 bits per heavy atom. The molecule has 2 aromatic rings. The van der Waals surface area contributed by atoms with Gasteiger partial charge >= 0.3 is 0 Å². The second-order valence-electron chi connectivity index (χ2n) is 6.73. The number of rotatable bonds is 11. The zero-order valence-electron chi connectivity index (χ0n) is 18.4. The van der Waals surface area contributed by atoms with Crippen LogP contribution < -0.4 is 24.8 Å². The van der Waals surface area contributed by atoms with Gasteiger partial charge in [0.25, 0.3) is 0 Å². The fourth-order valence-electron chi connectivity index (χ4n) is 2.84. The number of nitrogens with one attached hydrogen (secondary N) is 2. The predicted octanol–water partition coefficient (Wildman–Crippen LogP) is 4.20. The number of halogens is 1. The van der Waals surface area contributed by atoms with E-state index in [0.717, 1.165) is 62.2 Å². The molecular weight excluding hydrogens is 493 g/mol. The van der Waals surface area contributed by atoms with Crippen LogP contribution in [-0.2, 0) is 6.42 Å². The number of hydrogen-bond donors (Lipinski definition) is 2. The third-order valence-electron chi connectivity index (χ3n) is 4.53. The van der Waals surface area contributed by atoms with Crippen LogP contribution in [-0.4, -0.2) is 46.9 Å². The third kappa shape index (κ3) is 9.11. The molecule has 0 aliphatic rings. The van der Waals surface area contributed by atoms with E-state index in [-0.39, 0.29) is 24.0 Å². The number of guanidine groups is 1. The summed E-state index contributed by atoms with van der Waals surface area (Å²) < 4.78 is 16.4. The van der Waals surface area contributed by atoms with Gasteiger partial charge in [0.15, 0.2) is 17.5 Å². The lowest BCUT2D eigenvalue weighted by Crippen LogP contribution is -2.38. The number of benzene rings is 2. The Hall–Kier alpha value is -2.16. The average molecular weight is 527 g/mol. The predicted molar refractivity (Wildman–Crippen MR) is 134 cm³/mol. The molecule has 0 heterocycles. The number of hydrogen-bond acceptors (Lipinski definition) is 4. The summed E-state index contributed by atoms with van der Waals surface area (Å²) in [4.78, 5) is 4.27. The molecule has 2 aromatic carbocycles. The van der Waals surface area contributed by atoms with Crippen LogP contribution in [0.3, 0.4) is 0 Å². The van der Waals surface area contributed by atoms with Gasteiger partial charge < -0.3 is 24.8 Å². The molecule has 30 heavy (non-hydrogen) atoms. The molecule has 0 aliphatic carbocycles. The highest BCUT2D eigenvalue weighted by atomic mass is 127. The second-order valence-corrected chi connectivity index (χ2v) is 6.73. The van der Waals surface area contributed by atoms with Crippen LogP contribution in [0.25, 0.3) is 0 Å². The molecule has 166 valence electrons. The van der Waals surface area contributed by atoms with E-state index in [1.54, 1.807) is 21.3 Å². The number of ether oxygens (including phenoxy) is 3. The fraction of sp³-hybridized carbons (Fsp3) is 0.435. The number of unbranched alkanes of at least 4 members (excludes halogenated alkanes) is 1. The van der Waals surface area contributed by atoms with Gasteiger partial charge in [0.05, 0.1) is 20.8 Å². The average Bonchev–Trinajstić information content (AvgIpc) is 2.75. The van der Waals surface area contributed by atoms with Crippen molar-refractivity contribution in [1.29, 1.82) is 0 Å². The molecule has 0 amide bonds. The molecule has 0 radical (unpaired) electrons. The summed E-state index contributed by atoms with van der Waals surface area (Å²) in [5.74, 6) is 3.23. The first-order chi connectivity index (χ1) is 14.2. The minimum absolute atomic E-state index is 0. The maximum atomic E-state index is 5.75. The molecule has 0 aliphatic heterocycles. The lowest BCUT2D eigenvalue weighted by Gasteiger charge is -2.13. The Balaban J connectivity index is 0.00000450. The highest BCUT2D eigenvalue weighted by molar-refractivity contribution is 14.0. The Bertz CT molecular complexity index is 767. The Labute approximate surface area is 197 Å². The van der Waals surface area contributed by atoms with Crippen molar-refractivity contribution < 1.29 is 14.2 Å². The van der Waals surface area contributed by atoms with E-state index < -0.39 is 0 Å². The molecule has 0 atom stereocenters. The fourth-order valence-corrected chi connectivity index (χ4v) is 2.84. The minimum Gasteiger partial charge on any atom is -0.494 e. The van der Waals surface area contributed by atoms with Crippen LogP contribution in [0.1, 0.15) is 24.0 Å². The molecule has 0 saturated heterocycles. The monoisotopic (exact) mass is 527 g/mol. The Morgan fingerprint density at radius 3 is 2.27 bits per heavy atom. The first-order valence-electron chi connectivity index (χ1n) is 10.0. The van der Waals surface area contributed by atoms with Gasteiger partial charge in [0.2, 0.25) is 0 Å². The molecule has 0 spiro atoms. The lowest BCUT2D eigenvalue weighted by atomic mass is 10.1. The molecule has 0 aromatic heterocycles. The summed E-state index contributed by atoms with van der Waals surface area (Å²) in [7, 11) is 5.08. The molecule has 0 unspecified atom stereocenters. The second kappa shape index (κ2) is 14.8. The van der Waals surface area contributed by atoms with E-state index in [4.69, 9.17) is 14.2 Å². The van der Waals surface area contributed by atoms with Crippen molar-refractivity contribution in [3.8, 4) is 17.2 Å². The van der Waals surface area contributed by atoms with Crippen molar-refractivity contribution in [3.63, 3.8) is 0 Å². The summed E-state index contributed by atoms with van der Waals surface area (Å²) in [6.07, 6.45) is 2.87. The third-order valence-corrected chi connectivity index (χ3v) is 4.53. The summed E-state index contributed by atoms with van der Waals surface area (Å²) in [5.41, 5.74) is 2.42. The summed E-state index contributed by atoms with van der Waals surface area (Å²) in [6, 6.07) is 14.1. The molecule has 0 saturated carbocycles. The first-order valence-corrected chi connectivity index (χ1v) is 10.0. The largest absolute Gasteiger partial charge is 0.494 e. The van der Waals surface area contributed by atoms with Gasteiger partial charge in [-0.05, 0) is 56.0 Å². The molecule has 0 fully saturated rings. The Morgan fingerprint density at radius 2 is 1.60 bits per heavy atom. The molecule has 2 rings (SSSR count). The number of nitrogens with zero attached hydrogens (tertiary/aromatic N) is 1. The van der Waals surface area contributed by atoms with Crippen LogP contribution in [0.15, 0.2) is 47.5 Å². The number of aryl methyl sites for hydroxylation is 1. The zero-order chi connectivity index (χ0) is 20.9. The van der Waals surface area contributed by atoms with Gasteiger partial charge in [-0.15, -0.1) is 24.0 Å². The van der Waals surface area contributed by atoms with E-state index >= 15 is 0 Å². The van der Waals surface area contributed by atoms with Crippen molar-refractivity contribution in [2.45, 2.75) is 26.2 Å². The molecular formula is C23H34IN3O3. The van der Waals surface area contributed by atoms with E-state index in [0.29, 0.717) is 0 Å². The van der Waals surface area contributed by atoms with E-state index in [1.807, 2.05) is 30.3 Å². The van der Waals surface area contributed by atoms with Crippen molar-refractivity contribution in [1.82, 2.24) is 10.6 Å². The summed E-state index contributed by atoms with van der Waals surface area (Å²) in [5, 5.41) is 6.68. The number of aliphatic imine (C=N–C) groups is 1. The number of methoxy groups -OCH3 is 2. The van der Waals surface area contributed by atoms with Crippen molar-refractivity contribution in [2.75, 3.05) is 41.0 Å². The zero-order valence-corrected chi connectivity index (χ0v) is 20.7. The van der Waals surface area contributed by atoms with Crippen LogP contribution in [0.4, 0.5) is 0 Å². The van der Waals surface area contributed by atoms with E-state index in [9.17, 15) is 0 Å². The van der Waals surface area contributed by atoms with Gasteiger partial charge in [0.1, 0.15) is 5.75 Å². The van der Waals surface area contributed by atoms with Crippen LogP contribution >= 0.6 is 24.0 Å². The first kappa shape index (κ1) is 25.9. The SMILES string of the molecule is CN=C(NCCCCOc1ccc(C)cc1)NCCc1ccc(OC)c(OC)c1.I. The quantitative estimate of drug-likeness (QED) is 0.199. The molecule has 2 N–H and O–H groups in total. The molecule has 6 nitrogen and oxygen atoms in total. The summed E-state index contributed by atoms with van der Waals surface area (Å²) in [6.45, 7) is 4.43. The van der Waals surface area contributed by atoms with E-state index in [2.05, 4.69) is 34.7 Å². The normalized spacial score (nSPS) is 10.7. The molecule has 0 bridgehead atoms. The highest BCUT2D eigenvalue weighted by Crippen LogP contribution is 2.27. The highest BCUT2D eigenvalue weighted by Gasteiger charge is 2.05. The van der Waals surface area contributed by atoms with Crippen molar-refractivity contribution >= 4 is 29.9 Å². The van der Waals surface area contributed by atoms with Gasteiger partial charge in [-0.1, -0.05) is 23.8 Å². The van der Waals surface area contributed by atoms with Gasteiger partial charge in [-0.3, -0.25) is 4.99 Å². The lowest BCUT2D eigenvalue weighted by molar-refractivity contribution is 0.307. The van der Waals surface area contributed by atoms with E-state index in [1.165, 1.54) is 11.1 Å². The van der Waals surface area contributed by atoms with Gasteiger partial charge in [-0.2, -0.15) is 0 Å². The maximum absolute atomic E-state index is 5.75. The standard InChI is InChI=1S/C23H33N3O3.HI/c1-18-7-10-20(11-8-18)29-16-6-5-14-25-23(24-2)26-15-13-19-9-12-21(27-3)22(17-19)28-4;/h7-12,17H,5-6,13-16H2,1-4H3,(H2,24,25,26);1H. The van der Waals surface area contributed by atoms with Crippen LogP contribution in [0, 0.1) is 6.92 Å². The minimum atomic E-state index is 0. The Kier molecular flexibility index (Phi) is 12.7. The summed E-state index contributed by atoms with van der Waals surface area (Å²) >= 11 is 0. The van der Waals surface area contributed by atoms with Crippen molar-refractivity contribution in [2.24, 2.45) is 4.99 Å². The smallest absolute Gasteiger partial charge is 0.190 e. The van der Waals surface area contributed by atoms with Gasteiger partial charge in [-0.25, -0.2) is 0 Å². The topological polar surface area (TPSA) is 64.1 Å². The van der Waals surface area contributed by atoms with Crippen LogP contribution in [0.5, 0.6) is 17.2 Å². The van der Waals surface area contributed by atoms with Crippen LogP contribution in [0.2, 0.25) is 0 Å². The maximum Gasteiger partial charge on any atom is 0.190 e. The van der Waals surface area contributed by atoms with Crippen molar-refractivity contribution in [3.05, 3.63) is 53.6 Å². The molecule has 7 heteroatoms.